The number of ether oxygens (including phenoxy) is 2. The van der Waals surface area contributed by atoms with E-state index in [0.29, 0.717) is 38.9 Å². The van der Waals surface area contributed by atoms with E-state index >= 15 is 0 Å². The van der Waals surface area contributed by atoms with Crippen LogP contribution in [0.1, 0.15) is 44.7 Å². The number of carbonyl (C=O) groups is 4. The Kier molecular flexibility index (Phi) is 10.3. The van der Waals surface area contributed by atoms with Crippen molar-refractivity contribution in [1.29, 1.82) is 0 Å². The molecular formula is C32H41N5O6. The Labute approximate surface area is 251 Å². The number of rotatable bonds is 10. The fourth-order valence-electron chi connectivity index (χ4n) is 5.04. The summed E-state index contributed by atoms with van der Waals surface area (Å²) in [5, 5.41) is 9.43. The molecule has 3 aromatic rings. The van der Waals surface area contributed by atoms with Crippen LogP contribution in [0.15, 0.2) is 54.7 Å². The van der Waals surface area contributed by atoms with Gasteiger partial charge in [-0.15, -0.1) is 0 Å². The minimum Gasteiger partial charge on any atom is -0.497 e. The first-order valence-electron chi connectivity index (χ1n) is 14.5. The minimum absolute atomic E-state index is 0.174. The molecule has 1 aliphatic rings. The highest BCUT2D eigenvalue weighted by atomic mass is 16.6. The molecule has 11 nitrogen and oxygen atoms in total. The standard InChI is InChI=1S/C32H41N5O6/c1-32(2,3)43-31(41)35-20-28(38)37-15-13-22(14-16-37)29(39)36-27(17-23-19-33-26-8-6-5-7-25(23)26)30(40)34-18-21-9-11-24(42-4)12-10-21/h5-12,19,22,27,33H,13-18,20H2,1-4H3,(H,34,40)(H,35,41)(H,36,39). The van der Waals surface area contributed by atoms with Crippen LogP contribution in [0.4, 0.5) is 4.79 Å². The van der Waals surface area contributed by atoms with Crippen molar-refractivity contribution in [2.24, 2.45) is 5.92 Å². The number of methoxy groups -OCH3 is 1. The monoisotopic (exact) mass is 591 g/mol. The number of nitrogens with zero attached hydrogens (tertiary/aromatic N) is 1. The summed E-state index contributed by atoms with van der Waals surface area (Å²) in [6.07, 6.45) is 2.45. The average Bonchev–Trinajstić information content (AvgIpc) is 3.40. The quantitative estimate of drug-likeness (QED) is 0.285. The number of piperidine rings is 1. The fraction of sp³-hybridized carbons (Fsp3) is 0.438. The summed E-state index contributed by atoms with van der Waals surface area (Å²) in [5.41, 5.74) is 2.14. The molecule has 1 aliphatic heterocycles. The Balaban J connectivity index is 1.35. The van der Waals surface area contributed by atoms with E-state index in [-0.39, 0.29) is 30.2 Å². The van der Waals surface area contributed by atoms with Gasteiger partial charge in [-0.25, -0.2) is 4.79 Å². The largest absolute Gasteiger partial charge is 0.497 e. The lowest BCUT2D eigenvalue weighted by molar-refractivity contribution is -0.136. The van der Waals surface area contributed by atoms with E-state index in [1.165, 1.54) is 0 Å². The topological polar surface area (TPSA) is 142 Å². The molecule has 1 fully saturated rings. The van der Waals surface area contributed by atoms with E-state index in [1.807, 2.05) is 54.7 Å². The third kappa shape index (κ3) is 8.97. The number of benzene rings is 2. The Bertz CT molecular complexity index is 1420. The summed E-state index contributed by atoms with van der Waals surface area (Å²) in [7, 11) is 1.60. The predicted molar refractivity (Wildman–Crippen MR) is 162 cm³/mol. The summed E-state index contributed by atoms with van der Waals surface area (Å²) in [5.74, 6) is -0.354. The van der Waals surface area contributed by atoms with Crippen molar-refractivity contribution in [1.82, 2.24) is 25.8 Å². The number of aromatic amines is 1. The maximum Gasteiger partial charge on any atom is 0.408 e. The Morgan fingerprint density at radius 1 is 1.00 bits per heavy atom. The van der Waals surface area contributed by atoms with Gasteiger partial charge in [0.1, 0.15) is 23.9 Å². The fourth-order valence-corrected chi connectivity index (χ4v) is 5.04. The zero-order valence-electron chi connectivity index (χ0n) is 25.2. The number of para-hydroxylation sites is 1. The molecule has 4 N–H and O–H groups in total. The van der Waals surface area contributed by atoms with Crippen molar-refractivity contribution in [3.05, 3.63) is 65.9 Å². The molecule has 0 radical (unpaired) electrons. The number of amides is 4. The molecule has 1 aromatic heterocycles. The van der Waals surface area contributed by atoms with Crippen molar-refractivity contribution in [2.45, 2.75) is 58.2 Å². The first-order valence-corrected chi connectivity index (χ1v) is 14.5. The first-order chi connectivity index (χ1) is 20.5. The van der Waals surface area contributed by atoms with E-state index in [2.05, 4.69) is 20.9 Å². The maximum atomic E-state index is 13.4. The molecule has 2 heterocycles. The van der Waals surface area contributed by atoms with Crippen molar-refractivity contribution in [3.63, 3.8) is 0 Å². The molecule has 0 saturated carbocycles. The molecule has 230 valence electrons. The van der Waals surface area contributed by atoms with Gasteiger partial charge >= 0.3 is 6.09 Å². The molecule has 4 rings (SSSR count). The van der Waals surface area contributed by atoms with Gasteiger partial charge in [-0.05, 0) is 62.9 Å². The highest BCUT2D eigenvalue weighted by Crippen LogP contribution is 2.21. The van der Waals surface area contributed by atoms with Crippen molar-refractivity contribution < 1.29 is 28.7 Å². The number of fused-ring (bicyclic) bond motifs is 1. The maximum absolute atomic E-state index is 13.4. The average molecular weight is 592 g/mol. The highest BCUT2D eigenvalue weighted by molar-refractivity contribution is 5.90. The van der Waals surface area contributed by atoms with Crippen LogP contribution in [-0.4, -0.2) is 72.1 Å². The second-order valence-electron chi connectivity index (χ2n) is 11.7. The van der Waals surface area contributed by atoms with Crippen LogP contribution in [0, 0.1) is 5.92 Å². The smallest absolute Gasteiger partial charge is 0.408 e. The van der Waals surface area contributed by atoms with E-state index in [4.69, 9.17) is 9.47 Å². The molecular weight excluding hydrogens is 550 g/mol. The highest BCUT2D eigenvalue weighted by Gasteiger charge is 2.31. The van der Waals surface area contributed by atoms with Crippen LogP contribution in [0.3, 0.4) is 0 Å². The molecule has 0 spiro atoms. The summed E-state index contributed by atoms with van der Waals surface area (Å²) in [4.78, 5) is 56.2. The van der Waals surface area contributed by atoms with Crippen molar-refractivity contribution >= 4 is 34.7 Å². The van der Waals surface area contributed by atoms with Crippen LogP contribution in [0.25, 0.3) is 10.9 Å². The summed E-state index contributed by atoms with van der Waals surface area (Å²) in [6.45, 7) is 6.14. The van der Waals surface area contributed by atoms with Crippen LogP contribution in [0.2, 0.25) is 0 Å². The van der Waals surface area contributed by atoms with Gasteiger partial charge in [0, 0.05) is 49.1 Å². The molecule has 11 heteroatoms. The lowest BCUT2D eigenvalue weighted by Gasteiger charge is -2.32. The van der Waals surface area contributed by atoms with Gasteiger partial charge in [0.25, 0.3) is 0 Å². The molecule has 0 aliphatic carbocycles. The molecule has 43 heavy (non-hydrogen) atoms. The number of carbonyl (C=O) groups excluding carboxylic acids is 4. The SMILES string of the molecule is COc1ccc(CNC(=O)C(Cc2c[nH]c3ccccc23)NC(=O)C2CCN(C(=O)CNC(=O)OC(C)(C)C)CC2)cc1. The number of hydrogen-bond acceptors (Lipinski definition) is 6. The Morgan fingerprint density at radius 2 is 1.70 bits per heavy atom. The van der Waals surface area contributed by atoms with Gasteiger partial charge in [0.2, 0.25) is 17.7 Å². The van der Waals surface area contributed by atoms with E-state index in [9.17, 15) is 19.2 Å². The van der Waals surface area contributed by atoms with E-state index < -0.39 is 17.7 Å². The van der Waals surface area contributed by atoms with Gasteiger partial charge < -0.3 is 35.3 Å². The van der Waals surface area contributed by atoms with Crippen molar-refractivity contribution in [2.75, 3.05) is 26.7 Å². The molecule has 4 amide bonds. The molecule has 1 unspecified atom stereocenters. The van der Waals surface area contributed by atoms with Crippen LogP contribution < -0.4 is 20.7 Å². The lowest BCUT2D eigenvalue weighted by Crippen LogP contribution is -2.51. The van der Waals surface area contributed by atoms with Gasteiger partial charge in [-0.1, -0.05) is 30.3 Å². The lowest BCUT2D eigenvalue weighted by atomic mass is 9.94. The summed E-state index contributed by atoms with van der Waals surface area (Å²) < 4.78 is 10.4. The van der Waals surface area contributed by atoms with Gasteiger partial charge in [-0.3, -0.25) is 14.4 Å². The molecule has 1 atom stereocenters. The van der Waals surface area contributed by atoms with E-state index in [0.717, 1.165) is 27.8 Å². The van der Waals surface area contributed by atoms with Gasteiger partial charge in [0.15, 0.2) is 0 Å². The number of hydrogen-bond donors (Lipinski definition) is 4. The normalized spacial score (nSPS) is 14.6. The number of H-pyrrole nitrogens is 1. The van der Waals surface area contributed by atoms with Crippen molar-refractivity contribution in [3.8, 4) is 5.75 Å². The summed E-state index contributed by atoms with van der Waals surface area (Å²) >= 11 is 0. The Hall–Kier alpha value is -4.54. The third-order valence-electron chi connectivity index (χ3n) is 7.36. The van der Waals surface area contributed by atoms with E-state index in [1.54, 1.807) is 32.8 Å². The number of likely N-dealkylation sites (tertiary alicyclic amines) is 1. The second-order valence-corrected chi connectivity index (χ2v) is 11.7. The zero-order valence-corrected chi connectivity index (χ0v) is 25.2. The van der Waals surface area contributed by atoms with Crippen LogP contribution in [0.5, 0.6) is 5.75 Å². The van der Waals surface area contributed by atoms with Gasteiger partial charge in [0.05, 0.1) is 7.11 Å². The van der Waals surface area contributed by atoms with Crippen LogP contribution >= 0.6 is 0 Å². The van der Waals surface area contributed by atoms with Crippen LogP contribution in [-0.2, 0) is 32.1 Å². The molecule has 0 bridgehead atoms. The third-order valence-corrected chi connectivity index (χ3v) is 7.36. The Morgan fingerprint density at radius 3 is 2.37 bits per heavy atom. The van der Waals surface area contributed by atoms with Gasteiger partial charge in [-0.2, -0.15) is 0 Å². The number of alkyl carbamates (subject to hydrolysis) is 1. The number of aromatic nitrogens is 1. The minimum atomic E-state index is -0.789. The summed E-state index contributed by atoms with van der Waals surface area (Å²) in [6, 6.07) is 14.5. The predicted octanol–water partition coefficient (Wildman–Crippen LogP) is 3.28. The second kappa shape index (κ2) is 14.1. The first kappa shape index (κ1) is 31.4. The zero-order chi connectivity index (χ0) is 31.0. The molecule has 2 aromatic carbocycles. The number of nitrogens with one attached hydrogen (secondary N) is 4. The molecule has 1 saturated heterocycles.